The number of rotatable bonds is 5. The lowest BCUT2D eigenvalue weighted by Gasteiger charge is -2.18. The summed E-state index contributed by atoms with van der Waals surface area (Å²) in [6.07, 6.45) is 3.25. The molecule has 31 heavy (non-hydrogen) atoms. The quantitative estimate of drug-likeness (QED) is 0.408. The van der Waals surface area contributed by atoms with Crippen LogP contribution in [0.4, 0.5) is 0 Å². The van der Waals surface area contributed by atoms with Crippen LogP contribution < -0.4 is 10.9 Å². The average Bonchev–Trinajstić information content (AvgIpc) is 3.36. The molecule has 3 heterocycles. The topological polar surface area (TPSA) is 104 Å². The van der Waals surface area contributed by atoms with Crippen molar-refractivity contribution < 1.29 is 9.21 Å². The van der Waals surface area contributed by atoms with Gasteiger partial charge in [0, 0.05) is 29.6 Å². The summed E-state index contributed by atoms with van der Waals surface area (Å²) in [5.74, 6) is -0.0771. The van der Waals surface area contributed by atoms with E-state index in [0.717, 1.165) is 22.0 Å². The number of fused-ring (bicyclic) bond motifs is 2. The molecule has 0 fully saturated rings. The molecule has 3 N–H and O–H groups in total. The van der Waals surface area contributed by atoms with Gasteiger partial charge in [-0.2, -0.15) is 0 Å². The molecule has 0 saturated carbocycles. The molecule has 0 aliphatic rings. The highest BCUT2D eigenvalue weighted by Crippen LogP contribution is 2.30. The van der Waals surface area contributed by atoms with Gasteiger partial charge in [0.05, 0.1) is 11.9 Å². The predicted molar refractivity (Wildman–Crippen MR) is 118 cm³/mol. The van der Waals surface area contributed by atoms with Crippen molar-refractivity contribution in [3.63, 3.8) is 0 Å². The lowest BCUT2D eigenvalue weighted by atomic mass is 9.91. The molecule has 7 heteroatoms. The number of aromatic nitrogens is 3. The Morgan fingerprint density at radius 2 is 1.87 bits per heavy atom. The van der Waals surface area contributed by atoms with E-state index in [1.807, 2.05) is 54.7 Å². The fourth-order valence-electron chi connectivity index (χ4n) is 4.08. The van der Waals surface area contributed by atoms with Crippen molar-refractivity contribution >= 4 is 27.9 Å². The van der Waals surface area contributed by atoms with Crippen LogP contribution in [0.3, 0.4) is 0 Å². The molecule has 7 nitrogen and oxygen atoms in total. The Balaban J connectivity index is 1.51. The Labute approximate surface area is 177 Å². The van der Waals surface area contributed by atoms with E-state index in [0.29, 0.717) is 12.3 Å². The van der Waals surface area contributed by atoms with Crippen molar-refractivity contribution in [3.05, 3.63) is 99.9 Å². The number of carbonyl (C=O) groups is 1. The van der Waals surface area contributed by atoms with Gasteiger partial charge in [0.15, 0.2) is 0 Å². The third-order valence-electron chi connectivity index (χ3n) is 5.56. The number of hydrogen-bond acceptors (Lipinski definition) is 4. The largest absolute Gasteiger partial charge is 0.442 e. The van der Waals surface area contributed by atoms with Crippen molar-refractivity contribution in [3.8, 4) is 0 Å². The molecule has 1 atom stereocenters. The third-order valence-corrected chi connectivity index (χ3v) is 5.56. The molecule has 154 valence electrons. The number of furan rings is 1. The molecule has 0 spiro atoms. The SMILES string of the molecule is Cc1oc2nc[nH]c(=O)c2c1C(=O)NCC(c1ccccc1)c1c[nH]c2ccccc12. The van der Waals surface area contributed by atoms with E-state index in [1.54, 1.807) is 6.92 Å². The van der Waals surface area contributed by atoms with Crippen molar-refractivity contribution in [1.82, 2.24) is 20.3 Å². The van der Waals surface area contributed by atoms with E-state index >= 15 is 0 Å². The van der Waals surface area contributed by atoms with E-state index in [-0.39, 0.29) is 28.5 Å². The minimum absolute atomic E-state index is 0.0730. The summed E-state index contributed by atoms with van der Waals surface area (Å²) >= 11 is 0. The lowest BCUT2D eigenvalue weighted by molar-refractivity contribution is 0.0952. The van der Waals surface area contributed by atoms with Gasteiger partial charge in [0.25, 0.3) is 11.5 Å². The molecule has 0 radical (unpaired) electrons. The fourth-order valence-corrected chi connectivity index (χ4v) is 4.08. The number of carbonyl (C=O) groups excluding carboxylic acids is 1. The Hall–Kier alpha value is -4.13. The Bertz CT molecular complexity index is 1450. The molecule has 1 amide bonds. The maximum atomic E-state index is 13.1. The lowest BCUT2D eigenvalue weighted by Crippen LogP contribution is -2.30. The van der Waals surface area contributed by atoms with E-state index in [4.69, 9.17) is 4.42 Å². The Morgan fingerprint density at radius 3 is 2.71 bits per heavy atom. The molecule has 0 aliphatic heterocycles. The summed E-state index contributed by atoms with van der Waals surface area (Å²) in [5, 5.41) is 4.28. The van der Waals surface area contributed by atoms with Gasteiger partial charge >= 0.3 is 0 Å². The Kier molecular flexibility index (Phi) is 4.63. The second-order valence-electron chi connectivity index (χ2n) is 7.41. The number of hydrogen-bond donors (Lipinski definition) is 3. The zero-order chi connectivity index (χ0) is 21.4. The van der Waals surface area contributed by atoms with Crippen LogP contribution in [0.2, 0.25) is 0 Å². The third kappa shape index (κ3) is 3.30. The monoisotopic (exact) mass is 412 g/mol. The van der Waals surface area contributed by atoms with Gasteiger partial charge < -0.3 is 19.7 Å². The van der Waals surface area contributed by atoms with Crippen LogP contribution in [0.25, 0.3) is 22.0 Å². The first-order valence-corrected chi connectivity index (χ1v) is 9.99. The number of amides is 1. The summed E-state index contributed by atoms with van der Waals surface area (Å²) in [7, 11) is 0. The van der Waals surface area contributed by atoms with Gasteiger partial charge in [-0.15, -0.1) is 0 Å². The van der Waals surface area contributed by atoms with Crippen LogP contribution in [0, 0.1) is 6.92 Å². The molecule has 2 aromatic carbocycles. The fraction of sp³-hybridized carbons (Fsp3) is 0.125. The summed E-state index contributed by atoms with van der Waals surface area (Å²) < 4.78 is 5.53. The number of H-pyrrole nitrogens is 2. The zero-order valence-electron chi connectivity index (χ0n) is 16.8. The first-order chi connectivity index (χ1) is 15.1. The summed E-state index contributed by atoms with van der Waals surface area (Å²) in [5.41, 5.74) is 3.19. The number of aromatic amines is 2. The minimum atomic E-state index is -0.400. The van der Waals surface area contributed by atoms with Gasteiger partial charge in [0.2, 0.25) is 5.71 Å². The van der Waals surface area contributed by atoms with Crippen LogP contribution in [0.15, 0.2) is 76.3 Å². The van der Waals surface area contributed by atoms with Crippen molar-refractivity contribution in [1.29, 1.82) is 0 Å². The number of nitrogens with zero attached hydrogens (tertiary/aromatic N) is 1. The standard InChI is InChI=1S/C24H20N4O3/c1-14-20(21-23(30)27-13-28-24(21)31-14)22(29)26-11-17(15-7-3-2-4-8-15)18-12-25-19-10-6-5-9-16(18)19/h2-10,12-13,17,25H,11H2,1H3,(H,26,29)(H,27,28,30). The average molecular weight is 412 g/mol. The van der Waals surface area contributed by atoms with Crippen LogP contribution in [0.5, 0.6) is 0 Å². The highest BCUT2D eigenvalue weighted by Gasteiger charge is 2.24. The predicted octanol–water partition coefficient (Wildman–Crippen LogP) is 3.87. The smallest absolute Gasteiger partial charge is 0.262 e. The molecule has 5 rings (SSSR count). The van der Waals surface area contributed by atoms with Crippen LogP contribution in [-0.4, -0.2) is 27.4 Å². The second-order valence-corrected chi connectivity index (χ2v) is 7.41. The Morgan fingerprint density at radius 1 is 1.10 bits per heavy atom. The number of nitrogens with one attached hydrogen (secondary N) is 3. The second kappa shape index (κ2) is 7.60. The van der Waals surface area contributed by atoms with Crippen molar-refractivity contribution in [2.24, 2.45) is 0 Å². The highest BCUT2D eigenvalue weighted by atomic mass is 16.3. The molecule has 5 aromatic rings. The molecule has 0 aliphatic carbocycles. The first-order valence-electron chi connectivity index (χ1n) is 9.99. The van der Waals surface area contributed by atoms with Gasteiger partial charge in [-0.3, -0.25) is 9.59 Å². The molecular formula is C24H20N4O3. The van der Waals surface area contributed by atoms with Gasteiger partial charge in [-0.1, -0.05) is 48.5 Å². The summed E-state index contributed by atoms with van der Waals surface area (Å²) in [4.78, 5) is 35.2. The van der Waals surface area contributed by atoms with Gasteiger partial charge in [-0.05, 0) is 24.1 Å². The van der Waals surface area contributed by atoms with Crippen LogP contribution in [-0.2, 0) is 0 Å². The molecule has 3 aromatic heterocycles. The number of para-hydroxylation sites is 1. The van der Waals surface area contributed by atoms with E-state index in [9.17, 15) is 9.59 Å². The number of aryl methyl sites for hydroxylation is 1. The van der Waals surface area contributed by atoms with Gasteiger partial charge in [0.1, 0.15) is 11.1 Å². The highest BCUT2D eigenvalue weighted by molar-refractivity contribution is 6.06. The molecular weight excluding hydrogens is 392 g/mol. The van der Waals surface area contributed by atoms with E-state index in [1.165, 1.54) is 6.33 Å². The zero-order valence-corrected chi connectivity index (χ0v) is 16.8. The van der Waals surface area contributed by atoms with Crippen molar-refractivity contribution in [2.45, 2.75) is 12.8 Å². The van der Waals surface area contributed by atoms with Crippen LogP contribution in [0.1, 0.15) is 33.2 Å². The van der Waals surface area contributed by atoms with Crippen molar-refractivity contribution in [2.75, 3.05) is 6.54 Å². The maximum absolute atomic E-state index is 13.1. The molecule has 1 unspecified atom stereocenters. The number of benzene rings is 2. The molecule has 0 saturated heterocycles. The molecule has 0 bridgehead atoms. The van der Waals surface area contributed by atoms with Gasteiger partial charge in [-0.25, -0.2) is 4.98 Å². The summed E-state index contributed by atoms with van der Waals surface area (Å²) in [6.45, 7) is 2.01. The van der Waals surface area contributed by atoms with E-state index in [2.05, 4.69) is 26.3 Å². The first kappa shape index (κ1) is 18.9. The van der Waals surface area contributed by atoms with E-state index < -0.39 is 5.56 Å². The normalized spacial score (nSPS) is 12.3. The van der Waals surface area contributed by atoms with Crippen LogP contribution >= 0.6 is 0 Å². The maximum Gasteiger partial charge on any atom is 0.262 e. The summed E-state index contributed by atoms with van der Waals surface area (Å²) in [6, 6.07) is 18.1. The minimum Gasteiger partial charge on any atom is -0.442 e.